The maximum absolute atomic E-state index is 12.6. The van der Waals surface area contributed by atoms with Crippen LogP contribution in [0.3, 0.4) is 0 Å². The van der Waals surface area contributed by atoms with Crippen LogP contribution < -0.4 is 20.1 Å². The summed E-state index contributed by atoms with van der Waals surface area (Å²) in [4.78, 5) is 4.56. The monoisotopic (exact) mass is 545 g/mol. The standard InChI is InChI=1S/C21H27N3O4S.HI/c1-3-17(14-29(25,26)18-7-5-4-6-8-18)24-21(22-2)23-12-11-16-9-10-19-20(13-16)28-15-27-19;/h4-10,13,17H,3,11-12,14-15H2,1-2H3,(H2,22,23,24);1H. The van der Waals surface area contributed by atoms with E-state index in [1.807, 2.05) is 25.1 Å². The molecule has 0 aliphatic carbocycles. The van der Waals surface area contributed by atoms with E-state index >= 15 is 0 Å². The number of guanidine groups is 1. The van der Waals surface area contributed by atoms with Gasteiger partial charge in [0.1, 0.15) is 0 Å². The number of nitrogens with zero attached hydrogens (tertiary/aromatic N) is 1. The smallest absolute Gasteiger partial charge is 0.231 e. The van der Waals surface area contributed by atoms with Crippen molar-refractivity contribution in [3.8, 4) is 11.5 Å². The van der Waals surface area contributed by atoms with Crippen LogP contribution in [0.1, 0.15) is 18.9 Å². The summed E-state index contributed by atoms with van der Waals surface area (Å²) in [5.41, 5.74) is 1.12. The summed E-state index contributed by atoms with van der Waals surface area (Å²) in [6.07, 6.45) is 1.44. The van der Waals surface area contributed by atoms with Gasteiger partial charge in [0.05, 0.1) is 10.6 Å². The van der Waals surface area contributed by atoms with Crippen molar-refractivity contribution in [2.75, 3.05) is 26.1 Å². The molecule has 164 valence electrons. The maximum Gasteiger partial charge on any atom is 0.231 e. The van der Waals surface area contributed by atoms with Crippen molar-refractivity contribution < 1.29 is 17.9 Å². The molecule has 2 N–H and O–H groups in total. The van der Waals surface area contributed by atoms with Crippen LogP contribution in [-0.2, 0) is 16.3 Å². The van der Waals surface area contributed by atoms with E-state index in [2.05, 4.69) is 15.6 Å². The van der Waals surface area contributed by atoms with Crippen LogP contribution in [0.2, 0.25) is 0 Å². The SMILES string of the molecule is CCC(CS(=O)(=O)c1ccccc1)NC(=NC)NCCc1ccc2c(c1)OCO2.I. The Morgan fingerprint density at radius 3 is 2.57 bits per heavy atom. The number of ether oxygens (including phenoxy) is 2. The highest BCUT2D eigenvalue weighted by Crippen LogP contribution is 2.32. The molecule has 7 nitrogen and oxygen atoms in total. The highest BCUT2D eigenvalue weighted by Gasteiger charge is 2.21. The van der Waals surface area contributed by atoms with Crippen molar-refractivity contribution in [3.05, 3.63) is 54.1 Å². The Bertz CT molecular complexity index is 952. The lowest BCUT2D eigenvalue weighted by molar-refractivity contribution is 0.174. The fourth-order valence-electron chi connectivity index (χ4n) is 3.06. The van der Waals surface area contributed by atoms with Gasteiger partial charge >= 0.3 is 0 Å². The van der Waals surface area contributed by atoms with Gasteiger partial charge in [-0.05, 0) is 42.7 Å². The molecule has 1 aliphatic heterocycles. The fraction of sp³-hybridized carbons (Fsp3) is 0.381. The van der Waals surface area contributed by atoms with Crippen molar-refractivity contribution in [2.24, 2.45) is 4.99 Å². The highest BCUT2D eigenvalue weighted by molar-refractivity contribution is 14.0. The van der Waals surface area contributed by atoms with Gasteiger partial charge in [-0.25, -0.2) is 8.42 Å². The third kappa shape index (κ3) is 6.49. The molecule has 1 aliphatic rings. The quantitative estimate of drug-likeness (QED) is 0.301. The Hall–Kier alpha value is -2.01. The van der Waals surface area contributed by atoms with Gasteiger partial charge < -0.3 is 20.1 Å². The number of sulfone groups is 1. The molecule has 2 aromatic carbocycles. The predicted octanol–water partition coefficient (Wildman–Crippen LogP) is 2.99. The first kappa shape index (κ1) is 24.3. The van der Waals surface area contributed by atoms with Crippen molar-refractivity contribution >= 4 is 39.8 Å². The Morgan fingerprint density at radius 1 is 1.13 bits per heavy atom. The third-order valence-electron chi connectivity index (χ3n) is 4.72. The van der Waals surface area contributed by atoms with E-state index in [9.17, 15) is 8.42 Å². The number of nitrogens with one attached hydrogen (secondary N) is 2. The number of benzene rings is 2. The number of rotatable bonds is 8. The largest absolute Gasteiger partial charge is 0.454 e. The van der Waals surface area contributed by atoms with Crippen LogP contribution in [0.5, 0.6) is 11.5 Å². The number of halogens is 1. The molecule has 1 atom stereocenters. The second-order valence-electron chi connectivity index (χ2n) is 6.78. The van der Waals surface area contributed by atoms with E-state index in [0.717, 1.165) is 23.5 Å². The topological polar surface area (TPSA) is 89.0 Å². The van der Waals surface area contributed by atoms with Gasteiger partial charge in [-0.3, -0.25) is 4.99 Å². The number of hydrogen-bond acceptors (Lipinski definition) is 5. The molecule has 0 saturated carbocycles. The molecule has 30 heavy (non-hydrogen) atoms. The van der Waals surface area contributed by atoms with Gasteiger partial charge in [-0.2, -0.15) is 0 Å². The number of fused-ring (bicyclic) bond motifs is 1. The zero-order valence-corrected chi connectivity index (χ0v) is 20.3. The Kier molecular flexibility index (Phi) is 9.22. The minimum absolute atomic E-state index is 0. The first-order valence-electron chi connectivity index (χ1n) is 9.65. The lowest BCUT2D eigenvalue weighted by Crippen LogP contribution is -2.46. The molecule has 0 aromatic heterocycles. The first-order chi connectivity index (χ1) is 14.0. The van der Waals surface area contributed by atoms with Gasteiger partial charge in [0.15, 0.2) is 27.3 Å². The normalized spacial score (nSPS) is 14.0. The van der Waals surface area contributed by atoms with E-state index in [1.54, 1.807) is 37.4 Å². The molecule has 0 saturated heterocycles. The van der Waals surface area contributed by atoms with Crippen LogP contribution in [0.15, 0.2) is 58.4 Å². The molecule has 0 fully saturated rings. The van der Waals surface area contributed by atoms with Crippen LogP contribution >= 0.6 is 24.0 Å². The van der Waals surface area contributed by atoms with Crippen molar-refractivity contribution in [2.45, 2.75) is 30.7 Å². The number of aliphatic imine (C=N–C) groups is 1. The zero-order valence-electron chi connectivity index (χ0n) is 17.1. The lowest BCUT2D eigenvalue weighted by atomic mass is 10.1. The molecule has 1 unspecified atom stereocenters. The van der Waals surface area contributed by atoms with Crippen molar-refractivity contribution in [1.82, 2.24) is 10.6 Å². The molecule has 0 amide bonds. The van der Waals surface area contributed by atoms with Crippen molar-refractivity contribution in [1.29, 1.82) is 0 Å². The molecule has 1 heterocycles. The maximum atomic E-state index is 12.6. The summed E-state index contributed by atoms with van der Waals surface area (Å²) < 4.78 is 36.0. The highest BCUT2D eigenvalue weighted by atomic mass is 127. The Balaban J connectivity index is 0.00000320. The van der Waals surface area contributed by atoms with Crippen LogP contribution in [0.4, 0.5) is 0 Å². The van der Waals surface area contributed by atoms with E-state index in [0.29, 0.717) is 23.8 Å². The van der Waals surface area contributed by atoms with Gasteiger partial charge in [-0.1, -0.05) is 31.2 Å². The summed E-state index contributed by atoms with van der Waals surface area (Å²) in [5.74, 6) is 2.13. The molecule has 2 aromatic rings. The average molecular weight is 545 g/mol. The summed E-state index contributed by atoms with van der Waals surface area (Å²) in [5, 5.41) is 6.47. The van der Waals surface area contributed by atoms with Gasteiger partial charge in [0.25, 0.3) is 0 Å². The van der Waals surface area contributed by atoms with E-state index in [4.69, 9.17) is 9.47 Å². The molecular weight excluding hydrogens is 517 g/mol. The van der Waals surface area contributed by atoms with Gasteiger partial charge in [0.2, 0.25) is 6.79 Å². The summed E-state index contributed by atoms with van der Waals surface area (Å²) >= 11 is 0. The molecule has 3 rings (SSSR count). The zero-order chi connectivity index (χ0) is 20.7. The Labute approximate surface area is 195 Å². The van der Waals surface area contributed by atoms with Crippen molar-refractivity contribution in [3.63, 3.8) is 0 Å². The van der Waals surface area contributed by atoms with Crippen LogP contribution in [0.25, 0.3) is 0 Å². The van der Waals surface area contributed by atoms with Gasteiger partial charge in [-0.15, -0.1) is 24.0 Å². The van der Waals surface area contributed by atoms with E-state index < -0.39 is 9.84 Å². The number of hydrogen-bond donors (Lipinski definition) is 2. The summed E-state index contributed by atoms with van der Waals surface area (Å²) in [6, 6.07) is 14.2. The van der Waals surface area contributed by atoms with Crippen LogP contribution in [-0.4, -0.2) is 46.6 Å². The molecule has 9 heteroatoms. The van der Waals surface area contributed by atoms with E-state index in [1.165, 1.54) is 0 Å². The molecular formula is C21H28IN3O4S. The molecule has 0 spiro atoms. The predicted molar refractivity (Wildman–Crippen MR) is 129 cm³/mol. The van der Waals surface area contributed by atoms with Gasteiger partial charge in [0, 0.05) is 19.6 Å². The average Bonchev–Trinajstić information content (AvgIpc) is 3.20. The first-order valence-corrected chi connectivity index (χ1v) is 11.3. The molecule has 0 bridgehead atoms. The lowest BCUT2D eigenvalue weighted by Gasteiger charge is -2.20. The second kappa shape index (κ2) is 11.4. The molecule has 0 radical (unpaired) electrons. The van der Waals surface area contributed by atoms with E-state index in [-0.39, 0.29) is 42.6 Å². The Morgan fingerprint density at radius 2 is 1.87 bits per heavy atom. The summed E-state index contributed by atoms with van der Waals surface area (Å²) in [7, 11) is -1.69. The minimum atomic E-state index is -3.37. The van der Waals surface area contributed by atoms with Crippen LogP contribution in [0, 0.1) is 0 Å². The summed E-state index contributed by atoms with van der Waals surface area (Å²) in [6.45, 7) is 2.87. The minimum Gasteiger partial charge on any atom is -0.454 e. The second-order valence-corrected chi connectivity index (χ2v) is 8.81. The third-order valence-corrected chi connectivity index (χ3v) is 6.55. The fourth-order valence-corrected chi connectivity index (χ4v) is 4.67.